The van der Waals surface area contributed by atoms with E-state index in [4.69, 9.17) is 21.4 Å². The van der Waals surface area contributed by atoms with Crippen LogP contribution in [-0.4, -0.2) is 16.2 Å². The Bertz CT molecular complexity index is 683. The summed E-state index contributed by atoms with van der Waals surface area (Å²) in [5.74, 6) is -1.24. The Kier molecular flexibility index (Phi) is 4.68. The van der Waals surface area contributed by atoms with Gasteiger partial charge in [-0.3, -0.25) is 4.79 Å². The average molecular weight is 325 g/mol. The van der Waals surface area contributed by atoms with Crippen molar-refractivity contribution in [1.82, 2.24) is 0 Å². The molecule has 2 rings (SSSR count). The number of carboxylic acids is 1. The molecule has 0 radical (unpaired) electrons. The second kappa shape index (κ2) is 6.34. The van der Waals surface area contributed by atoms with Crippen LogP contribution in [0.15, 0.2) is 42.5 Å². The molecule has 0 amide bonds. The predicted octanol–water partition coefficient (Wildman–Crippen LogP) is 3.95. The largest absolute Gasteiger partial charge is 0.481 e. The molecular formula is C16H14ClFO4. The first-order chi connectivity index (χ1) is 10.3. The standard InChI is InChI=1S/C16H14ClFO4/c1-16(21,9-15(19)20)13-7-6-12(8-14(13)18)22-11-4-2-10(17)3-5-11/h2-8,21H,9H2,1H3,(H,19,20). The van der Waals surface area contributed by atoms with Crippen molar-refractivity contribution in [1.29, 1.82) is 0 Å². The van der Waals surface area contributed by atoms with Gasteiger partial charge in [-0.1, -0.05) is 11.6 Å². The fraction of sp³-hybridized carbons (Fsp3) is 0.188. The van der Waals surface area contributed by atoms with Crippen LogP contribution in [0, 0.1) is 5.82 Å². The lowest BCUT2D eigenvalue weighted by molar-refractivity contribution is -0.142. The minimum Gasteiger partial charge on any atom is -0.481 e. The molecule has 22 heavy (non-hydrogen) atoms. The first kappa shape index (κ1) is 16.3. The third kappa shape index (κ3) is 3.96. The van der Waals surface area contributed by atoms with E-state index >= 15 is 0 Å². The molecule has 0 aliphatic heterocycles. The SMILES string of the molecule is CC(O)(CC(=O)O)c1ccc(Oc2ccc(Cl)cc2)cc1F. The van der Waals surface area contributed by atoms with Gasteiger partial charge >= 0.3 is 5.97 Å². The van der Waals surface area contributed by atoms with Crippen LogP contribution in [0.25, 0.3) is 0 Å². The van der Waals surface area contributed by atoms with Crippen LogP contribution < -0.4 is 4.74 Å². The zero-order chi connectivity index (χ0) is 16.3. The van der Waals surface area contributed by atoms with Gasteiger partial charge in [0, 0.05) is 16.7 Å². The summed E-state index contributed by atoms with van der Waals surface area (Å²) in [7, 11) is 0. The van der Waals surface area contributed by atoms with Gasteiger partial charge in [0.1, 0.15) is 22.9 Å². The minimum atomic E-state index is -1.80. The van der Waals surface area contributed by atoms with E-state index in [1.54, 1.807) is 24.3 Å². The van der Waals surface area contributed by atoms with Crippen molar-refractivity contribution in [2.45, 2.75) is 18.9 Å². The third-order valence-corrected chi connectivity index (χ3v) is 3.32. The first-order valence-electron chi connectivity index (χ1n) is 6.45. The molecule has 0 saturated heterocycles. The van der Waals surface area contributed by atoms with Crippen LogP contribution in [0.4, 0.5) is 4.39 Å². The zero-order valence-electron chi connectivity index (χ0n) is 11.7. The van der Waals surface area contributed by atoms with E-state index < -0.39 is 23.8 Å². The molecule has 2 aromatic rings. The molecule has 0 saturated carbocycles. The molecule has 0 aliphatic rings. The molecule has 0 bridgehead atoms. The second-order valence-electron chi connectivity index (χ2n) is 5.04. The van der Waals surface area contributed by atoms with Gasteiger partial charge in [0.2, 0.25) is 0 Å². The Morgan fingerprint density at radius 1 is 1.23 bits per heavy atom. The normalized spacial score (nSPS) is 13.5. The van der Waals surface area contributed by atoms with Crippen LogP contribution in [0.1, 0.15) is 18.9 Å². The summed E-state index contributed by atoms with van der Waals surface area (Å²) in [6.45, 7) is 1.25. The Hall–Kier alpha value is -2.11. The summed E-state index contributed by atoms with van der Waals surface area (Å²) < 4.78 is 19.6. The molecule has 0 aliphatic carbocycles. The molecule has 116 valence electrons. The molecule has 0 heterocycles. The zero-order valence-corrected chi connectivity index (χ0v) is 12.5. The average Bonchev–Trinajstić information content (AvgIpc) is 2.39. The number of ether oxygens (including phenoxy) is 1. The summed E-state index contributed by atoms with van der Waals surface area (Å²) >= 11 is 5.76. The molecular weight excluding hydrogens is 311 g/mol. The van der Waals surface area contributed by atoms with Crippen LogP contribution in [0.5, 0.6) is 11.5 Å². The number of hydrogen-bond donors (Lipinski definition) is 2. The highest BCUT2D eigenvalue weighted by Crippen LogP contribution is 2.31. The number of carbonyl (C=O) groups is 1. The van der Waals surface area contributed by atoms with E-state index in [1.807, 2.05) is 0 Å². The number of hydrogen-bond acceptors (Lipinski definition) is 3. The third-order valence-electron chi connectivity index (χ3n) is 3.07. The molecule has 0 aromatic heterocycles. The molecule has 1 atom stereocenters. The van der Waals surface area contributed by atoms with E-state index in [0.29, 0.717) is 10.8 Å². The van der Waals surface area contributed by atoms with Gasteiger partial charge in [-0.05, 0) is 43.3 Å². The molecule has 6 heteroatoms. The Morgan fingerprint density at radius 3 is 2.36 bits per heavy atom. The van der Waals surface area contributed by atoms with Gasteiger partial charge in [-0.25, -0.2) is 4.39 Å². The highest BCUT2D eigenvalue weighted by Gasteiger charge is 2.29. The highest BCUT2D eigenvalue weighted by molar-refractivity contribution is 6.30. The maximum Gasteiger partial charge on any atom is 0.306 e. The van der Waals surface area contributed by atoms with Crippen LogP contribution >= 0.6 is 11.6 Å². The van der Waals surface area contributed by atoms with Crippen molar-refractivity contribution in [2.24, 2.45) is 0 Å². The highest BCUT2D eigenvalue weighted by atomic mass is 35.5. The quantitative estimate of drug-likeness (QED) is 0.873. The molecule has 2 aromatic carbocycles. The van der Waals surface area contributed by atoms with Gasteiger partial charge in [0.25, 0.3) is 0 Å². The lowest BCUT2D eigenvalue weighted by atomic mass is 9.92. The van der Waals surface area contributed by atoms with Gasteiger partial charge in [-0.15, -0.1) is 0 Å². The number of benzene rings is 2. The van der Waals surface area contributed by atoms with Crippen molar-refractivity contribution in [3.63, 3.8) is 0 Å². The number of halogens is 2. The number of rotatable bonds is 5. The maximum atomic E-state index is 14.1. The Morgan fingerprint density at radius 2 is 1.82 bits per heavy atom. The predicted molar refractivity (Wildman–Crippen MR) is 79.7 cm³/mol. The van der Waals surface area contributed by atoms with Gasteiger partial charge in [-0.2, -0.15) is 0 Å². The fourth-order valence-electron chi connectivity index (χ4n) is 2.02. The van der Waals surface area contributed by atoms with Crippen molar-refractivity contribution < 1.29 is 24.1 Å². The van der Waals surface area contributed by atoms with E-state index in [9.17, 15) is 14.3 Å². The smallest absolute Gasteiger partial charge is 0.306 e. The molecule has 2 N–H and O–H groups in total. The van der Waals surface area contributed by atoms with Crippen molar-refractivity contribution in [2.75, 3.05) is 0 Å². The van der Waals surface area contributed by atoms with E-state index in [1.165, 1.54) is 19.1 Å². The van der Waals surface area contributed by atoms with Crippen LogP contribution in [0.2, 0.25) is 5.02 Å². The van der Waals surface area contributed by atoms with E-state index in [0.717, 1.165) is 6.07 Å². The number of aliphatic carboxylic acids is 1. The molecule has 4 nitrogen and oxygen atoms in total. The summed E-state index contributed by atoms with van der Waals surface area (Å²) in [5.41, 5.74) is -1.90. The second-order valence-corrected chi connectivity index (χ2v) is 5.48. The Labute approximate surface area is 131 Å². The Balaban J connectivity index is 2.22. The monoisotopic (exact) mass is 324 g/mol. The summed E-state index contributed by atoms with van der Waals surface area (Å²) in [4.78, 5) is 10.7. The molecule has 0 spiro atoms. The summed E-state index contributed by atoms with van der Waals surface area (Å²) in [6, 6.07) is 10.4. The van der Waals surface area contributed by atoms with Crippen LogP contribution in [0.3, 0.4) is 0 Å². The number of carboxylic acid groups (broad SMARTS) is 1. The number of aliphatic hydroxyl groups is 1. The topological polar surface area (TPSA) is 66.8 Å². The van der Waals surface area contributed by atoms with Gasteiger partial charge in [0.05, 0.1) is 6.42 Å². The fourth-order valence-corrected chi connectivity index (χ4v) is 2.15. The lowest BCUT2D eigenvalue weighted by Crippen LogP contribution is -2.26. The summed E-state index contributed by atoms with van der Waals surface area (Å²) in [6.07, 6.45) is -0.596. The lowest BCUT2D eigenvalue weighted by Gasteiger charge is -2.22. The van der Waals surface area contributed by atoms with Gasteiger partial charge in [0.15, 0.2) is 0 Å². The van der Waals surface area contributed by atoms with Crippen molar-refractivity contribution in [3.8, 4) is 11.5 Å². The van der Waals surface area contributed by atoms with Crippen molar-refractivity contribution >= 4 is 17.6 Å². The molecule has 0 fully saturated rings. The maximum absolute atomic E-state index is 14.1. The van der Waals surface area contributed by atoms with Crippen molar-refractivity contribution in [3.05, 3.63) is 58.9 Å². The summed E-state index contributed by atoms with van der Waals surface area (Å²) in [5, 5.41) is 19.4. The van der Waals surface area contributed by atoms with E-state index in [2.05, 4.69) is 0 Å². The van der Waals surface area contributed by atoms with Gasteiger partial charge < -0.3 is 14.9 Å². The van der Waals surface area contributed by atoms with Crippen LogP contribution in [-0.2, 0) is 10.4 Å². The minimum absolute atomic E-state index is 0.0987. The molecule has 1 unspecified atom stereocenters. The first-order valence-corrected chi connectivity index (χ1v) is 6.83. The van der Waals surface area contributed by atoms with E-state index in [-0.39, 0.29) is 11.3 Å².